The third-order valence-electron chi connectivity index (χ3n) is 2.81. The molecule has 0 unspecified atom stereocenters. The van der Waals surface area contributed by atoms with E-state index in [1.807, 2.05) is 0 Å². The predicted octanol–water partition coefficient (Wildman–Crippen LogP) is 3.39. The Bertz CT molecular complexity index is 336. The molecule has 4 heteroatoms. The first-order chi connectivity index (χ1) is 7.54. The summed E-state index contributed by atoms with van der Waals surface area (Å²) < 4.78 is 36.4. The number of anilines is 1. The number of nitrogens with zero attached hydrogens (tertiary/aromatic N) is 1. The Morgan fingerprint density at radius 1 is 1.00 bits per heavy atom. The first-order valence-corrected chi connectivity index (χ1v) is 5.45. The van der Waals surface area contributed by atoms with Crippen molar-refractivity contribution in [3.05, 3.63) is 29.8 Å². The molecule has 0 aliphatic carbocycles. The van der Waals surface area contributed by atoms with Crippen LogP contribution in [0.2, 0.25) is 0 Å². The lowest BCUT2D eigenvalue weighted by molar-refractivity contribution is -0.127. The Labute approximate surface area is 92.9 Å². The maximum absolute atomic E-state index is 12.1. The van der Waals surface area contributed by atoms with Crippen LogP contribution >= 0.6 is 0 Å². The molecule has 0 bridgehead atoms. The zero-order chi connectivity index (χ0) is 11.6. The fourth-order valence-corrected chi connectivity index (χ4v) is 2.03. The highest BCUT2D eigenvalue weighted by Crippen LogP contribution is 2.24. The number of halogens is 3. The molecule has 1 aromatic carbocycles. The zero-order valence-corrected chi connectivity index (χ0v) is 8.93. The van der Waals surface area contributed by atoms with Crippen molar-refractivity contribution in [2.24, 2.45) is 0 Å². The molecule has 1 fully saturated rings. The minimum atomic E-state index is -4.12. The average molecular weight is 229 g/mol. The largest absolute Gasteiger partial charge is 0.393 e. The monoisotopic (exact) mass is 229 g/mol. The maximum atomic E-state index is 12.1. The maximum Gasteiger partial charge on any atom is 0.393 e. The molecule has 0 amide bonds. The predicted molar refractivity (Wildman–Crippen MR) is 57.6 cm³/mol. The lowest BCUT2D eigenvalue weighted by Crippen LogP contribution is -2.17. The standard InChI is InChI=1S/C12H14F3N/c13-12(14,15)9-10-3-5-11(6-4-10)16-7-1-2-8-16/h3-6H,1-2,7-9H2. The van der Waals surface area contributed by atoms with E-state index in [1.54, 1.807) is 24.3 Å². The van der Waals surface area contributed by atoms with Crippen LogP contribution in [0.4, 0.5) is 18.9 Å². The van der Waals surface area contributed by atoms with Gasteiger partial charge in [0.1, 0.15) is 0 Å². The molecule has 0 radical (unpaired) electrons. The number of rotatable bonds is 2. The van der Waals surface area contributed by atoms with Gasteiger partial charge in [0.25, 0.3) is 0 Å². The van der Waals surface area contributed by atoms with Gasteiger partial charge in [-0.2, -0.15) is 13.2 Å². The summed E-state index contributed by atoms with van der Waals surface area (Å²) in [6.07, 6.45) is -2.61. The van der Waals surface area contributed by atoms with Gasteiger partial charge in [-0.1, -0.05) is 12.1 Å². The third-order valence-corrected chi connectivity index (χ3v) is 2.81. The van der Waals surface area contributed by atoms with E-state index < -0.39 is 12.6 Å². The van der Waals surface area contributed by atoms with Crippen LogP contribution in [0.15, 0.2) is 24.3 Å². The van der Waals surface area contributed by atoms with Crippen LogP contribution < -0.4 is 4.90 Å². The van der Waals surface area contributed by atoms with Gasteiger partial charge < -0.3 is 4.90 Å². The summed E-state index contributed by atoms with van der Waals surface area (Å²) in [6, 6.07) is 6.71. The molecule has 1 saturated heterocycles. The summed E-state index contributed by atoms with van der Waals surface area (Å²) in [5, 5.41) is 0. The van der Waals surface area contributed by atoms with Gasteiger partial charge in [0.15, 0.2) is 0 Å². The van der Waals surface area contributed by atoms with Crippen molar-refractivity contribution in [3.8, 4) is 0 Å². The summed E-state index contributed by atoms with van der Waals surface area (Å²) >= 11 is 0. The zero-order valence-electron chi connectivity index (χ0n) is 8.93. The highest BCUT2D eigenvalue weighted by atomic mass is 19.4. The van der Waals surface area contributed by atoms with Crippen molar-refractivity contribution in [3.63, 3.8) is 0 Å². The molecule has 0 atom stereocenters. The van der Waals surface area contributed by atoms with E-state index in [-0.39, 0.29) is 0 Å². The Hall–Kier alpha value is -1.19. The summed E-state index contributed by atoms with van der Waals surface area (Å²) in [5.41, 5.74) is 1.36. The van der Waals surface area contributed by atoms with Crippen LogP contribution in [0, 0.1) is 0 Å². The second-order valence-electron chi connectivity index (χ2n) is 4.15. The van der Waals surface area contributed by atoms with E-state index in [1.165, 1.54) is 12.8 Å². The van der Waals surface area contributed by atoms with Crippen molar-refractivity contribution < 1.29 is 13.2 Å². The third kappa shape index (κ3) is 2.90. The Morgan fingerprint density at radius 2 is 1.56 bits per heavy atom. The Kier molecular flexibility index (Phi) is 3.08. The van der Waals surface area contributed by atoms with Crippen molar-refractivity contribution in [1.82, 2.24) is 0 Å². The second kappa shape index (κ2) is 4.36. The minimum absolute atomic E-state index is 0.329. The lowest BCUT2D eigenvalue weighted by Gasteiger charge is -2.17. The van der Waals surface area contributed by atoms with Gasteiger partial charge in [-0.05, 0) is 30.5 Å². The van der Waals surface area contributed by atoms with E-state index in [4.69, 9.17) is 0 Å². The molecular weight excluding hydrogens is 215 g/mol. The SMILES string of the molecule is FC(F)(F)Cc1ccc(N2CCCC2)cc1. The van der Waals surface area contributed by atoms with Crippen LogP contribution in [-0.2, 0) is 6.42 Å². The van der Waals surface area contributed by atoms with Crippen molar-refractivity contribution in [2.75, 3.05) is 18.0 Å². The molecule has 1 aliphatic heterocycles. The number of hydrogen-bond donors (Lipinski definition) is 0. The van der Waals surface area contributed by atoms with Crippen molar-refractivity contribution in [1.29, 1.82) is 0 Å². The van der Waals surface area contributed by atoms with Gasteiger partial charge in [-0.15, -0.1) is 0 Å². The highest BCUT2D eigenvalue weighted by molar-refractivity contribution is 5.48. The van der Waals surface area contributed by atoms with Crippen molar-refractivity contribution >= 4 is 5.69 Å². The molecule has 1 heterocycles. The highest BCUT2D eigenvalue weighted by Gasteiger charge is 2.27. The van der Waals surface area contributed by atoms with Crippen LogP contribution in [0.5, 0.6) is 0 Å². The summed E-state index contributed by atoms with van der Waals surface area (Å²) in [4.78, 5) is 2.21. The van der Waals surface area contributed by atoms with E-state index in [0.717, 1.165) is 18.8 Å². The van der Waals surface area contributed by atoms with E-state index in [2.05, 4.69) is 4.90 Å². The lowest BCUT2D eigenvalue weighted by atomic mass is 10.1. The molecule has 0 N–H and O–H groups in total. The first-order valence-electron chi connectivity index (χ1n) is 5.45. The van der Waals surface area contributed by atoms with E-state index in [0.29, 0.717) is 5.56 Å². The molecule has 1 aliphatic rings. The van der Waals surface area contributed by atoms with Crippen molar-refractivity contribution in [2.45, 2.75) is 25.4 Å². The van der Waals surface area contributed by atoms with Crippen LogP contribution in [0.25, 0.3) is 0 Å². The minimum Gasteiger partial charge on any atom is -0.372 e. The topological polar surface area (TPSA) is 3.24 Å². The summed E-state index contributed by atoms with van der Waals surface area (Å²) in [7, 11) is 0. The van der Waals surface area contributed by atoms with Gasteiger partial charge in [-0.3, -0.25) is 0 Å². The van der Waals surface area contributed by atoms with Gasteiger partial charge in [-0.25, -0.2) is 0 Å². The fourth-order valence-electron chi connectivity index (χ4n) is 2.03. The molecule has 0 aromatic heterocycles. The van der Waals surface area contributed by atoms with Crippen LogP contribution in [0.1, 0.15) is 18.4 Å². The quantitative estimate of drug-likeness (QED) is 0.751. The summed E-state index contributed by atoms with van der Waals surface area (Å²) in [5.74, 6) is 0. The number of alkyl halides is 3. The molecular formula is C12H14F3N. The number of benzene rings is 1. The normalized spacial score (nSPS) is 16.8. The molecule has 0 spiro atoms. The fraction of sp³-hybridized carbons (Fsp3) is 0.500. The van der Waals surface area contributed by atoms with Gasteiger partial charge in [0, 0.05) is 18.8 Å². The van der Waals surface area contributed by atoms with Crippen LogP contribution in [0.3, 0.4) is 0 Å². The van der Waals surface area contributed by atoms with Crippen LogP contribution in [-0.4, -0.2) is 19.3 Å². The molecule has 1 nitrogen and oxygen atoms in total. The molecule has 0 saturated carbocycles. The smallest absolute Gasteiger partial charge is 0.372 e. The van der Waals surface area contributed by atoms with Gasteiger partial charge >= 0.3 is 6.18 Å². The van der Waals surface area contributed by atoms with E-state index >= 15 is 0 Å². The molecule has 1 aromatic rings. The summed E-state index contributed by atoms with van der Waals surface area (Å²) in [6.45, 7) is 2.03. The second-order valence-corrected chi connectivity index (χ2v) is 4.15. The Balaban J connectivity index is 2.04. The molecule has 2 rings (SSSR count). The van der Waals surface area contributed by atoms with Gasteiger partial charge in [0.05, 0.1) is 6.42 Å². The number of hydrogen-bond acceptors (Lipinski definition) is 1. The average Bonchev–Trinajstić information content (AvgIpc) is 2.69. The Morgan fingerprint density at radius 3 is 2.06 bits per heavy atom. The van der Waals surface area contributed by atoms with Gasteiger partial charge in [0.2, 0.25) is 0 Å². The molecule has 88 valence electrons. The first kappa shape index (κ1) is 11.3. The molecule has 16 heavy (non-hydrogen) atoms. The van der Waals surface area contributed by atoms with E-state index in [9.17, 15) is 13.2 Å².